The van der Waals surface area contributed by atoms with Gasteiger partial charge in [-0.05, 0) is 31.2 Å². The fourth-order valence-electron chi connectivity index (χ4n) is 1.53. The standard InChI is InChI=1S/C12H17NO2S/c1-4-5-12(13-2)10-6-8-11(9-7-10)16(3,14)15/h4,6-9,12-13H,1,5H2,2-3H3. The Morgan fingerprint density at radius 3 is 2.31 bits per heavy atom. The molecule has 1 aromatic rings. The van der Waals surface area contributed by atoms with E-state index in [1.54, 1.807) is 12.1 Å². The summed E-state index contributed by atoms with van der Waals surface area (Å²) in [5.41, 5.74) is 1.06. The highest BCUT2D eigenvalue weighted by Gasteiger charge is 2.10. The number of rotatable bonds is 5. The number of sulfone groups is 1. The zero-order chi connectivity index (χ0) is 12.2. The van der Waals surface area contributed by atoms with E-state index in [4.69, 9.17) is 0 Å². The molecule has 16 heavy (non-hydrogen) atoms. The van der Waals surface area contributed by atoms with Gasteiger partial charge in [-0.25, -0.2) is 8.42 Å². The zero-order valence-electron chi connectivity index (χ0n) is 9.60. The Kier molecular flexibility index (Phi) is 4.26. The Hall–Kier alpha value is -1.13. The van der Waals surface area contributed by atoms with Gasteiger partial charge in [-0.1, -0.05) is 18.2 Å². The van der Waals surface area contributed by atoms with Crippen molar-refractivity contribution in [1.82, 2.24) is 5.32 Å². The van der Waals surface area contributed by atoms with E-state index in [1.165, 1.54) is 6.26 Å². The molecule has 0 amide bonds. The summed E-state index contributed by atoms with van der Waals surface area (Å²) in [6, 6.07) is 7.13. The van der Waals surface area contributed by atoms with Crippen LogP contribution >= 0.6 is 0 Å². The highest BCUT2D eigenvalue weighted by molar-refractivity contribution is 7.90. The van der Waals surface area contributed by atoms with Gasteiger partial charge in [0, 0.05) is 12.3 Å². The molecule has 0 fully saturated rings. The minimum atomic E-state index is -3.10. The quantitative estimate of drug-likeness (QED) is 0.799. The van der Waals surface area contributed by atoms with Crippen molar-refractivity contribution in [2.75, 3.05) is 13.3 Å². The minimum absolute atomic E-state index is 0.186. The molecule has 1 rings (SSSR count). The number of hydrogen-bond donors (Lipinski definition) is 1. The van der Waals surface area contributed by atoms with Gasteiger partial charge >= 0.3 is 0 Å². The van der Waals surface area contributed by atoms with Crippen molar-refractivity contribution in [1.29, 1.82) is 0 Å². The fourth-order valence-corrected chi connectivity index (χ4v) is 2.17. The Morgan fingerprint density at radius 1 is 1.38 bits per heavy atom. The van der Waals surface area contributed by atoms with Crippen molar-refractivity contribution in [3.05, 3.63) is 42.5 Å². The average molecular weight is 239 g/mol. The number of nitrogens with one attached hydrogen (secondary N) is 1. The molecule has 3 nitrogen and oxygen atoms in total. The Morgan fingerprint density at radius 2 is 1.94 bits per heavy atom. The third-order valence-corrected chi connectivity index (χ3v) is 3.59. The second kappa shape index (κ2) is 5.27. The molecule has 0 heterocycles. The molecule has 1 N–H and O–H groups in total. The van der Waals surface area contributed by atoms with Crippen LogP contribution in [0.15, 0.2) is 41.8 Å². The third kappa shape index (κ3) is 3.18. The van der Waals surface area contributed by atoms with E-state index in [9.17, 15) is 8.42 Å². The molecule has 0 aliphatic carbocycles. The van der Waals surface area contributed by atoms with Crippen molar-refractivity contribution in [2.45, 2.75) is 17.4 Å². The van der Waals surface area contributed by atoms with Crippen molar-refractivity contribution in [3.63, 3.8) is 0 Å². The van der Waals surface area contributed by atoms with Gasteiger partial charge in [0.05, 0.1) is 4.90 Å². The fraction of sp³-hybridized carbons (Fsp3) is 0.333. The number of benzene rings is 1. The summed E-state index contributed by atoms with van der Waals surface area (Å²) in [5.74, 6) is 0. The van der Waals surface area contributed by atoms with Gasteiger partial charge in [0.2, 0.25) is 0 Å². The van der Waals surface area contributed by atoms with E-state index in [2.05, 4.69) is 11.9 Å². The SMILES string of the molecule is C=CCC(NC)c1ccc(S(C)(=O)=O)cc1. The molecule has 0 aromatic heterocycles. The van der Waals surface area contributed by atoms with Gasteiger partial charge in [0.1, 0.15) is 0 Å². The first kappa shape index (κ1) is 12.9. The first-order chi connectivity index (χ1) is 7.49. The van der Waals surface area contributed by atoms with Gasteiger partial charge in [-0.2, -0.15) is 0 Å². The normalized spacial score (nSPS) is 13.4. The van der Waals surface area contributed by atoms with Crippen LogP contribution in [0.4, 0.5) is 0 Å². The predicted octanol–water partition coefficient (Wildman–Crippen LogP) is 1.93. The summed E-state index contributed by atoms with van der Waals surface area (Å²) in [6.07, 6.45) is 3.86. The highest BCUT2D eigenvalue weighted by atomic mass is 32.2. The highest BCUT2D eigenvalue weighted by Crippen LogP contribution is 2.19. The van der Waals surface area contributed by atoms with Crippen LogP contribution in [0.1, 0.15) is 18.0 Å². The van der Waals surface area contributed by atoms with Crippen LogP contribution in [0.3, 0.4) is 0 Å². The molecule has 0 radical (unpaired) electrons. The van der Waals surface area contributed by atoms with Gasteiger partial charge < -0.3 is 5.32 Å². The van der Waals surface area contributed by atoms with E-state index in [1.807, 2.05) is 25.3 Å². The van der Waals surface area contributed by atoms with Crippen LogP contribution in [0, 0.1) is 0 Å². The van der Waals surface area contributed by atoms with Crippen LogP contribution in [-0.2, 0) is 9.84 Å². The van der Waals surface area contributed by atoms with Crippen molar-refractivity contribution in [2.24, 2.45) is 0 Å². The second-order valence-corrected chi connectivity index (χ2v) is 5.72. The lowest BCUT2D eigenvalue weighted by atomic mass is 10.0. The first-order valence-electron chi connectivity index (χ1n) is 5.07. The molecule has 1 atom stereocenters. The molecule has 4 heteroatoms. The monoisotopic (exact) mass is 239 g/mol. The molecule has 88 valence electrons. The van der Waals surface area contributed by atoms with E-state index in [-0.39, 0.29) is 6.04 Å². The maximum atomic E-state index is 11.3. The maximum Gasteiger partial charge on any atom is 0.175 e. The molecule has 0 aliphatic heterocycles. The van der Waals surface area contributed by atoms with Gasteiger partial charge in [-0.3, -0.25) is 0 Å². The third-order valence-electron chi connectivity index (χ3n) is 2.46. The maximum absolute atomic E-state index is 11.3. The molecule has 0 spiro atoms. The van der Waals surface area contributed by atoms with E-state index in [0.29, 0.717) is 4.90 Å². The van der Waals surface area contributed by atoms with Crippen molar-refractivity contribution >= 4 is 9.84 Å². The van der Waals surface area contributed by atoms with Gasteiger partial charge in [-0.15, -0.1) is 6.58 Å². The number of hydrogen-bond acceptors (Lipinski definition) is 3. The molecule has 0 bridgehead atoms. The van der Waals surface area contributed by atoms with Crippen LogP contribution in [-0.4, -0.2) is 21.7 Å². The zero-order valence-corrected chi connectivity index (χ0v) is 10.4. The lowest BCUT2D eigenvalue weighted by Crippen LogP contribution is -2.15. The summed E-state index contributed by atoms with van der Waals surface area (Å²) in [7, 11) is -1.23. The average Bonchev–Trinajstić information content (AvgIpc) is 2.25. The van der Waals surface area contributed by atoms with Gasteiger partial charge in [0.25, 0.3) is 0 Å². The molecule has 1 aromatic carbocycles. The molecular formula is C12H17NO2S. The molecule has 0 saturated carbocycles. The summed E-state index contributed by atoms with van der Waals surface area (Å²) in [6.45, 7) is 3.69. The molecular weight excluding hydrogens is 222 g/mol. The molecule has 0 saturated heterocycles. The second-order valence-electron chi connectivity index (χ2n) is 3.71. The largest absolute Gasteiger partial charge is 0.313 e. The molecule has 1 unspecified atom stereocenters. The van der Waals surface area contributed by atoms with Crippen LogP contribution in [0.25, 0.3) is 0 Å². The van der Waals surface area contributed by atoms with E-state index < -0.39 is 9.84 Å². The smallest absolute Gasteiger partial charge is 0.175 e. The molecule has 0 aliphatic rings. The van der Waals surface area contributed by atoms with Crippen LogP contribution in [0.5, 0.6) is 0 Å². The van der Waals surface area contributed by atoms with Crippen LogP contribution in [0.2, 0.25) is 0 Å². The predicted molar refractivity (Wildman–Crippen MR) is 66.2 cm³/mol. The van der Waals surface area contributed by atoms with Crippen molar-refractivity contribution in [3.8, 4) is 0 Å². The summed E-state index contributed by atoms with van der Waals surface area (Å²) in [5, 5.41) is 3.16. The first-order valence-corrected chi connectivity index (χ1v) is 6.96. The lowest BCUT2D eigenvalue weighted by molar-refractivity contribution is 0.598. The van der Waals surface area contributed by atoms with E-state index >= 15 is 0 Å². The van der Waals surface area contributed by atoms with E-state index in [0.717, 1.165) is 12.0 Å². The topological polar surface area (TPSA) is 46.2 Å². The van der Waals surface area contributed by atoms with Gasteiger partial charge in [0.15, 0.2) is 9.84 Å². The Labute approximate surface area is 97.1 Å². The Bertz CT molecular complexity index is 448. The van der Waals surface area contributed by atoms with Crippen LogP contribution < -0.4 is 5.32 Å². The lowest BCUT2D eigenvalue weighted by Gasteiger charge is -2.14. The minimum Gasteiger partial charge on any atom is -0.313 e. The Balaban J connectivity index is 2.98. The summed E-state index contributed by atoms with van der Waals surface area (Å²) < 4.78 is 22.6. The van der Waals surface area contributed by atoms with Crippen molar-refractivity contribution < 1.29 is 8.42 Å². The summed E-state index contributed by atoms with van der Waals surface area (Å²) in [4.78, 5) is 0.352. The summed E-state index contributed by atoms with van der Waals surface area (Å²) >= 11 is 0.